The molecule has 0 N–H and O–H groups in total. The molecule has 15 heavy (non-hydrogen) atoms. The van der Waals surface area contributed by atoms with Gasteiger partial charge in [0.1, 0.15) is 6.61 Å². The summed E-state index contributed by atoms with van der Waals surface area (Å²) in [4.78, 5) is 0. The third kappa shape index (κ3) is 2.34. The molecule has 0 bridgehead atoms. The summed E-state index contributed by atoms with van der Waals surface area (Å²) in [5, 5.41) is 3.70. The minimum absolute atomic E-state index is 0.182. The number of halogens is 1. The van der Waals surface area contributed by atoms with Crippen molar-refractivity contribution in [1.29, 1.82) is 0 Å². The number of benzene rings is 1. The lowest BCUT2D eigenvalue weighted by atomic mass is 10.3. The van der Waals surface area contributed by atoms with Crippen molar-refractivity contribution in [3.63, 3.8) is 0 Å². The van der Waals surface area contributed by atoms with Crippen LogP contribution >= 0.6 is 0 Å². The molecule has 0 saturated heterocycles. The Morgan fingerprint density at radius 2 is 2.20 bits per heavy atom. The van der Waals surface area contributed by atoms with Crippen molar-refractivity contribution in [3.05, 3.63) is 47.6 Å². The molecule has 0 atom stereocenters. The molecule has 3 nitrogen and oxygen atoms in total. The van der Waals surface area contributed by atoms with Crippen LogP contribution in [0.4, 0.5) is 4.39 Å². The first kappa shape index (κ1) is 9.71. The summed E-state index contributed by atoms with van der Waals surface area (Å²) < 4.78 is 23.3. The van der Waals surface area contributed by atoms with Crippen LogP contribution in [0.3, 0.4) is 0 Å². The summed E-state index contributed by atoms with van der Waals surface area (Å²) in [5.74, 6) is 0.413. The number of ether oxygens (including phenoxy) is 1. The van der Waals surface area contributed by atoms with Crippen LogP contribution in [-0.4, -0.2) is 5.16 Å². The molecule has 0 aliphatic rings. The maximum Gasteiger partial charge on any atom is 0.174 e. The molecule has 0 aliphatic carbocycles. The van der Waals surface area contributed by atoms with E-state index in [9.17, 15) is 4.39 Å². The largest absolute Gasteiger partial charge is 0.482 e. The molecule has 0 aliphatic heterocycles. The lowest BCUT2D eigenvalue weighted by molar-refractivity contribution is 0.240. The average molecular weight is 207 g/mol. The molecule has 2 aromatic rings. The minimum atomic E-state index is -0.381. The van der Waals surface area contributed by atoms with E-state index in [4.69, 9.17) is 9.26 Å². The highest BCUT2D eigenvalue weighted by Crippen LogP contribution is 2.17. The van der Waals surface area contributed by atoms with Crippen LogP contribution in [0.5, 0.6) is 5.75 Å². The second-order valence-corrected chi connectivity index (χ2v) is 3.15. The fourth-order valence-corrected chi connectivity index (χ4v) is 1.19. The van der Waals surface area contributed by atoms with Crippen LogP contribution in [0.2, 0.25) is 0 Å². The van der Waals surface area contributed by atoms with Gasteiger partial charge in [-0.15, -0.1) is 0 Å². The highest BCUT2D eigenvalue weighted by molar-refractivity contribution is 5.23. The van der Waals surface area contributed by atoms with Crippen molar-refractivity contribution in [2.24, 2.45) is 0 Å². The first-order chi connectivity index (χ1) is 7.25. The Bertz CT molecular complexity index is 453. The second kappa shape index (κ2) is 4.13. The number of aryl methyl sites for hydroxylation is 1. The van der Waals surface area contributed by atoms with Crippen LogP contribution in [-0.2, 0) is 6.61 Å². The quantitative estimate of drug-likeness (QED) is 0.776. The average Bonchev–Trinajstić information content (AvgIpc) is 2.63. The van der Waals surface area contributed by atoms with Crippen LogP contribution in [0.1, 0.15) is 11.5 Å². The topological polar surface area (TPSA) is 35.3 Å². The lowest BCUT2D eigenvalue weighted by Gasteiger charge is -2.03. The van der Waals surface area contributed by atoms with Gasteiger partial charge in [0.05, 0.1) is 5.69 Å². The highest BCUT2D eigenvalue weighted by atomic mass is 19.1. The van der Waals surface area contributed by atoms with Gasteiger partial charge >= 0.3 is 0 Å². The summed E-state index contributed by atoms with van der Waals surface area (Å²) in [5.41, 5.74) is 0.780. The Labute approximate surface area is 86.5 Å². The molecule has 78 valence electrons. The van der Waals surface area contributed by atoms with Crippen LogP contribution < -0.4 is 4.74 Å². The van der Waals surface area contributed by atoms with E-state index in [1.807, 2.05) is 6.92 Å². The standard InChI is InChI=1S/C11H10FNO2/c1-8-6-9(15-13-8)7-14-11-5-3-2-4-10(11)12/h2-6H,7H2,1H3. The molecular weight excluding hydrogens is 197 g/mol. The Balaban J connectivity index is 2.02. The monoisotopic (exact) mass is 207 g/mol. The molecule has 0 fully saturated rings. The molecule has 1 aromatic heterocycles. The van der Waals surface area contributed by atoms with Gasteiger partial charge < -0.3 is 9.26 Å². The number of nitrogens with zero attached hydrogens (tertiary/aromatic N) is 1. The van der Waals surface area contributed by atoms with Gasteiger partial charge in [0.2, 0.25) is 0 Å². The smallest absolute Gasteiger partial charge is 0.174 e. The molecule has 2 rings (SSSR count). The maximum absolute atomic E-state index is 13.1. The fraction of sp³-hybridized carbons (Fsp3) is 0.182. The number of hydrogen-bond donors (Lipinski definition) is 0. The Morgan fingerprint density at radius 1 is 1.40 bits per heavy atom. The molecule has 0 spiro atoms. The zero-order valence-electron chi connectivity index (χ0n) is 8.24. The zero-order valence-corrected chi connectivity index (χ0v) is 8.24. The predicted octanol–water partition coefficient (Wildman–Crippen LogP) is 2.70. The van der Waals surface area contributed by atoms with E-state index in [1.165, 1.54) is 6.07 Å². The van der Waals surface area contributed by atoms with Gasteiger partial charge in [-0.05, 0) is 19.1 Å². The normalized spacial score (nSPS) is 10.3. The maximum atomic E-state index is 13.1. The zero-order chi connectivity index (χ0) is 10.7. The summed E-state index contributed by atoms with van der Waals surface area (Å²) in [6.07, 6.45) is 0. The Kier molecular flexibility index (Phi) is 2.67. The van der Waals surface area contributed by atoms with Crippen molar-refractivity contribution in [2.75, 3.05) is 0 Å². The highest BCUT2D eigenvalue weighted by Gasteiger charge is 2.04. The van der Waals surface area contributed by atoms with Crippen molar-refractivity contribution in [2.45, 2.75) is 13.5 Å². The number of hydrogen-bond acceptors (Lipinski definition) is 3. The second-order valence-electron chi connectivity index (χ2n) is 3.15. The van der Waals surface area contributed by atoms with Crippen molar-refractivity contribution in [1.82, 2.24) is 5.16 Å². The van der Waals surface area contributed by atoms with Crippen molar-refractivity contribution >= 4 is 0 Å². The van der Waals surface area contributed by atoms with Crippen molar-refractivity contribution in [3.8, 4) is 5.75 Å². The van der Waals surface area contributed by atoms with Crippen LogP contribution in [0.25, 0.3) is 0 Å². The number of rotatable bonds is 3. The third-order valence-electron chi connectivity index (χ3n) is 1.88. The van der Waals surface area contributed by atoms with Gasteiger partial charge in [0.25, 0.3) is 0 Å². The molecule has 4 heteroatoms. The minimum Gasteiger partial charge on any atom is -0.482 e. The lowest BCUT2D eigenvalue weighted by Crippen LogP contribution is -1.95. The van der Waals surface area contributed by atoms with E-state index in [1.54, 1.807) is 24.3 Å². The molecule has 0 saturated carbocycles. The predicted molar refractivity (Wildman–Crippen MR) is 52.0 cm³/mol. The molecule has 1 aromatic carbocycles. The molecule has 0 unspecified atom stereocenters. The Morgan fingerprint density at radius 3 is 2.87 bits per heavy atom. The van der Waals surface area contributed by atoms with E-state index in [0.29, 0.717) is 5.76 Å². The SMILES string of the molecule is Cc1cc(COc2ccccc2F)on1. The third-order valence-corrected chi connectivity index (χ3v) is 1.88. The van der Waals surface area contributed by atoms with Gasteiger partial charge in [0.15, 0.2) is 17.3 Å². The van der Waals surface area contributed by atoms with E-state index in [0.717, 1.165) is 5.69 Å². The van der Waals surface area contributed by atoms with Crippen LogP contribution in [0, 0.1) is 12.7 Å². The molecular formula is C11H10FNO2. The summed E-state index contributed by atoms with van der Waals surface area (Å²) in [6.45, 7) is 2.00. The number of aromatic nitrogens is 1. The van der Waals surface area contributed by atoms with Crippen LogP contribution in [0.15, 0.2) is 34.9 Å². The van der Waals surface area contributed by atoms with E-state index >= 15 is 0 Å². The molecule has 1 heterocycles. The van der Waals surface area contributed by atoms with Gasteiger partial charge in [-0.1, -0.05) is 17.3 Å². The van der Waals surface area contributed by atoms with Gasteiger partial charge in [0, 0.05) is 6.07 Å². The number of para-hydroxylation sites is 1. The summed E-state index contributed by atoms with van der Waals surface area (Å²) >= 11 is 0. The van der Waals surface area contributed by atoms with Crippen molar-refractivity contribution < 1.29 is 13.7 Å². The van der Waals surface area contributed by atoms with E-state index in [2.05, 4.69) is 5.16 Å². The van der Waals surface area contributed by atoms with E-state index in [-0.39, 0.29) is 18.2 Å². The van der Waals surface area contributed by atoms with E-state index < -0.39 is 0 Å². The molecule has 0 amide bonds. The van der Waals surface area contributed by atoms with Gasteiger partial charge in [-0.2, -0.15) is 0 Å². The summed E-state index contributed by atoms with van der Waals surface area (Å²) in [6, 6.07) is 7.99. The van der Waals surface area contributed by atoms with Gasteiger partial charge in [-0.3, -0.25) is 0 Å². The van der Waals surface area contributed by atoms with Gasteiger partial charge in [-0.25, -0.2) is 4.39 Å². The fourth-order valence-electron chi connectivity index (χ4n) is 1.19. The Hall–Kier alpha value is -1.84. The summed E-state index contributed by atoms with van der Waals surface area (Å²) in [7, 11) is 0. The first-order valence-corrected chi connectivity index (χ1v) is 4.55. The molecule has 0 radical (unpaired) electrons. The first-order valence-electron chi connectivity index (χ1n) is 4.55.